The summed E-state index contributed by atoms with van der Waals surface area (Å²) in [6.07, 6.45) is -3.87. The number of hydrogen-bond donors (Lipinski definition) is 2. The fourth-order valence-corrected chi connectivity index (χ4v) is 2.58. The van der Waals surface area contributed by atoms with Crippen molar-refractivity contribution in [3.8, 4) is 0 Å². The van der Waals surface area contributed by atoms with Crippen molar-refractivity contribution in [3.63, 3.8) is 0 Å². The van der Waals surface area contributed by atoms with E-state index in [9.17, 15) is 18.0 Å². The highest BCUT2D eigenvalue weighted by Gasteiger charge is 2.37. The molecule has 1 heterocycles. The molecule has 0 radical (unpaired) electrons. The summed E-state index contributed by atoms with van der Waals surface area (Å²) in [5.41, 5.74) is -1.79. The van der Waals surface area contributed by atoms with Crippen molar-refractivity contribution in [2.75, 3.05) is 13.1 Å². The zero-order valence-corrected chi connectivity index (χ0v) is 12.4. The van der Waals surface area contributed by atoms with Gasteiger partial charge in [0.1, 0.15) is 0 Å². The summed E-state index contributed by atoms with van der Waals surface area (Å²) in [6, 6.07) is 3.54. The molecule has 0 aromatic heterocycles. The van der Waals surface area contributed by atoms with E-state index >= 15 is 0 Å². The van der Waals surface area contributed by atoms with E-state index in [1.807, 2.05) is 6.92 Å². The third-order valence-electron chi connectivity index (χ3n) is 3.32. The lowest BCUT2D eigenvalue weighted by molar-refractivity contribution is -0.138. The molecule has 1 aliphatic rings. The van der Waals surface area contributed by atoms with Gasteiger partial charge in [-0.15, -0.1) is 0 Å². The van der Waals surface area contributed by atoms with Crippen LogP contribution < -0.4 is 10.6 Å². The lowest BCUT2D eigenvalue weighted by Crippen LogP contribution is -2.47. The molecule has 1 saturated heterocycles. The van der Waals surface area contributed by atoms with Crippen molar-refractivity contribution in [1.29, 1.82) is 0 Å². The van der Waals surface area contributed by atoms with Crippen LogP contribution in [-0.2, 0) is 6.18 Å². The summed E-state index contributed by atoms with van der Waals surface area (Å²) < 4.78 is 39.2. The molecular weight excluding hydrogens is 337 g/mol. The molecule has 1 fully saturated rings. The van der Waals surface area contributed by atoms with Gasteiger partial charge in [0, 0.05) is 11.0 Å². The number of halogens is 4. The van der Waals surface area contributed by atoms with Crippen LogP contribution in [0.15, 0.2) is 22.7 Å². The van der Waals surface area contributed by atoms with Gasteiger partial charge in [0.2, 0.25) is 0 Å². The van der Waals surface area contributed by atoms with E-state index in [0.717, 1.165) is 12.6 Å². The molecule has 1 atom stereocenters. The van der Waals surface area contributed by atoms with Crippen LogP contribution in [0.5, 0.6) is 0 Å². The molecule has 20 heavy (non-hydrogen) atoms. The molecule has 0 bridgehead atoms. The Morgan fingerprint density at radius 2 is 2.15 bits per heavy atom. The van der Waals surface area contributed by atoms with Crippen LogP contribution in [0.4, 0.5) is 13.2 Å². The molecular formula is C13H14BrF3N2O. The zero-order valence-electron chi connectivity index (χ0n) is 10.8. The number of carbonyl (C=O) groups is 1. The first-order valence-electron chi connectivity index (χ1n) is 6.11. The smallest absolute Gasteiger partial charge is 0.346 e. The Kier molecular flexibility index (Phi) is 4.11. The number of rotatable bonds is 2. The first-order valence-corrected chi connectivity index (χ1v) is 6.91. The second kappa shape index (κ2) is 5.37. The minimum Gasteiger partial charge on any atom is -0.346 e. The van der Waals surface area contributed by atoms with E-state index in [2.05, 4.69) is 26.6 Å². The maximum Gasteiger partial charge on any atom is 0.417 e. The van der Waals surface area contributed by atoms with E-state index in [1.165, 1.54) is 12.1 Å². The summed E-state index contributed by atoms with van der Waals surface area (Å²) >= 11 is 2.99. The Hall–Kier alpha value is -1.08. The van der Waals surface area contributed by atoms with Gasteiger partial charge in [-0.3, -0.25) is 4.79 Å². The zero-order chi connectivity index (χ0) is 15.0. The van der Waals surface area contributed by atoms with Crippen molar-refractivity contribution < 1.29 is 18.0 Å². The number of carbonyl (C=O) groups excluding carboxylic acids is 1. The second-order valence-corrected chi connectivity index (χ2v) is 6.04. The SMILES string of the molecule is CC1(NC(=O)c2ccc(Br)cc2C(F)(F)F)CCNC1. The highest BCUT2D eigenvalue weighted by atomic mass is 79.9. The van der Waals surface area contributed by atoms with Gasteiger partial charge in [-0.2, -0.15) is 13.2 Å². The molecule has 1 aromatic rings. The molecule has 110 valence electrons. The minimum absolute atomic E-state index is 0.287. The van der Waals surface area contributed by atoms with Gasteiger partial charge in [-0.05, 0) is 38.1 Å². The van der Waals surface area contributed by atoms with Crippen LogP contribution in [0, 0.1) is 0 Å². The molecule has 3 nitrogen and oxygen atoms in total. The Balaban J connectivity index is 2.30. The van der Waals surface area contributed by atoms with E-state index in [0.29, 0.717) is 13.0 Å². The van der Waals surface area contributed by atoms with E-state index in [1.54, 1.807) is 0 Å². The Labute approximate surface area is 123 Å². The standard InChI is InChI=1S/C13H14BrF3N2O/c1-12(4-5-18-7-12)19-11(20)9-3-2-8(14)6-10(9)13(15,16)17/h2-3,6,18H,4-5,7H2,1H3,(H,19,20). The van der Waals surface area contributed by atoms with Crippen LogP contribution in [-0.4, -0.2) is 24.5 Å². The molecule has 7 heteroatoms. The maximum atomic E-state index is 13.0. The number of amides is 1. The highest BCUT2D eigenvalue weighted by Crippen LogP contribution is 2.34. The minimum atomic E-state index is -4.56. The quantitative estimate of drug-likeness (QED) is 0.860. The predicted octanol–water partition coefficient (Wildman–Crippen LogP) is 2.95. The largest absolute Gasteiger partial charge is 0.417 e. The third kappa shape index (κ3) is 3.32. The summed E-state index contributed by atoms with van der Waals surface area (Å²) in [5.74, 6) is -0.698. The van der Waals surface area contributed by atoms with E-state index in [4.69, 9.17) is 0 Å². The van der Waals surface area contributed by atoms with Crippen LogP contribution >= 0.6 is 15.9 Å². The van der Waals surface area contributed by atoms with Gasteiger partial charge in [0.25, 0.3) is 5.91 Å². The fourth-order valence-electron chi connectivity index (χ4n) is 2.21. The van der Waals surface area contributed by atoms with Gasteiger partial charge in [0.05, 0.1) is 16.7 Å². The summed E-state index contributed by atoms with van der Waals surface area (Å²) in [7, 11) is 0. The topological polar surface area (TPSA) is 41.1 Å². The van der Waals surface area contributed by atoms with Gasteiger partial charge in [-0.25, -0.2) is 0 Å². The highest BCUT2D eigenvalue weighted by molar-refractivity contribution is 9.10. The van der Waals surface area contributed by atoms with Crippen LogP contribution in [0.1, 0.15) is 29.3 Å². The molecule has 0 aliphatic carbocycles. The monoisotopic (exact) mass is 350 g/mol. The number of alkyl halides is 3. The average molecular weight is 351 g/mol. The Morgan fingerprint density at radius 3 is 2.70 bits per heavy atom. The Bertz CT molecular complexity index is 525. The first-order chi connectivity index (χ1) is 9.21. The third-order valence-corrected chi connectivity index (χ3v) is 3.81. The summed E-state index contributed by atoms with van der Waals surface area (Å²) in [5, 5.41) is 5.77. The van der Waals surface area contributed by atoms with Crippen molar-refractivity contribution in [3.05, 3.63) is 33.8 Å². The first kappa shape index (κ1) is 15.3. The van der Waals surface area contributed by atoms with Crippen molar-refractivity contribution in [2.24, 2.45) is 0 Å². The molecule has 1 amide bonds. The average Bonchev–Trinajstić information content (AvgIpc) is 2.74. The van der Waals surface area contributed by atoms with E-state index in [-0.39, 0.29) is 10.0 Å². The molecule has 1 aliphatic heterocycles. The van der Waals surface area contributed by atoms with Gasteiger partial charge in [0.15, 0.2) is 0 Å². The number of nitrogens with one attached hydrogen (secondary N) is 2. The lowest BCUT2D eigenvalue weighted by Gasteiger charge is -2.25. The van der Waals surface area contributed by atoms with Crippen LogP contribution in [0.3, 0.4) is 0 Å². The summed E-state index contributed by atoms with van der Waals surface area (Å²) in [6.45, 7) is 3.11. The molecule has 0 saturated carbocycles. The fraction of sp³-hybridized carbons (Fsp3) is 0.462. The summed E-state index contributed by atoms with van der Waals surface area (Å²) in [4.78, 5) is 12.1. The molecule has 2 rings (SSSR count). The van der Waals surface area contributed by atoms with Crippen LogP contribution in [0.25, 0.3) is 0 Å². The lowest BCUT2D eigenvalue weighted by atomic mass is 9.99. The van der Waals surface area contributed by atoms with Gasteiger partial charge in [-0.1, -0.05) is 15.9 Å². The molecule has 0 spiro atoms. The van der Waals surface area contributed by atoms with Crippen molar-refractivity contribution >= 4 is 21.8 Å². The number of benzene rings is 1. The Morgan fingerprint density at radius 1 is 1.45 bits per heavy atom. The predicted molar refractivity (Wildman–Crippen MR) is 72.5 cm³/mol. The van der Waals surface area contributed by atoms with Crippen LogP contribution in [0.2, 0.25) is 0 Å². The maximum absolute atomic E-state index is 13.0. The molecule has 1 unspecified atom stereocenters. The van der Waals surface area contributed by atoms with Crippen molar-refractivity contribution in [1.82, 2.24) is 10.6 Å². The van der Waals surface area contributed by atoms with Gasteiger partial charge >= 0.3 is 6.18 Å². The normalized spacial score (nSPS) is 22.9. The molecule has 1 aromatic carbocycles. The number of hydrogen-bond acceptors (Lipinski definition) is 2. The van der Waals surface area contributed by atoms with Gasteiger partial charge < -0.3 is 10.6 Å². The second-order valence-electron chi connectivity index (χ2n) is 5.13. The van der Waals surface area contributed by atoms with E-state index < -0.39 is 23.2 Å². The molecule has 2 N–H and O–H groups in total. The van der Waals surface area contributed by atoms with Crippen molar-refractivity contribution in [2.45, 2.75) is 25.1 Å².